The van der Waals surface area contributed by atoms with E-state index in [-0.39, 0.29) is 12.5 Å². The zero-order valence-electron chi connectivity index (χ0n) is 11.7. The Morgan fingerprint density at radius 2 is 2.33 bits per heavy atom. The van der Waals surface area contributed by atoms with Gasteiger partial charge in [0, 0.05) is 6.20 Å². The first-order chi connectivity index (χ1) is 10.1. The molecule has 0 radical (unpaired) electrons. The summed E-state index contributed by atoms with van der Waals surface area (Å²) in [6.45, 7) is 2.11. The molecule has 1 aromatic carbocycles. The molecule has 2 aromatic heterocycles. The molecular weight excluding hydrogens is 288 g/mol. The molecule has 1 amide bonds. The number of thiazole rings is 1. The topological polar surface area (TPSA) is 69.0 Å². The summed E-state index contributed by atoms with van der Waals surface area (Å²) in [5.41, 5.74) is 1.86. The predicted octanol–water partition coefficient (Wildman–Crippen LogP) is 2.45. The van der Waals surface area contributed by atoms with Crippen molar-refractivity contribution in [2.75, 3.05) is 12.4 Å². The fourth-order valence-corrected chi connectivity index (χ4v) is 2.86. The third-order valence-electron chi connectivity index (χ3n) is 2.91. The number of nitrogens with zero attached hydrogens (tertiary/aromatic N) is 3. The summed E-state index contributed by atoms with van der Waals surface area (Å²) >= 11 is 1.42. The Labute approximate surface area is 125 Å². The average molecular weight is 302 g/mol. The molecule has 0 aliphatic heterocycles. The number of anilines is 1. The van der Waals surface area contributed by atoms with Crippen molar-refractivity contribution < 1.29 is 9.53 Å². The van der Waals surface area contributed by atoms with Crippen molar-refractivity contribution in [1.29, 1.82) is 0 Å². The van der Waals surface area contributed by atoms with Gasteiger partial charge in [0.2, 0.25) is 5.91 Å². The number of aryl methyl sites for hydroxylation is 1. The van der Waals surface area contributed by atoms with Crippen LogP contribution in [0.25, 0.3) is 10.2 Å². The van der Waals surface area contributed by atoms with E-state index in [4.69, 9.17) is 4.74 Å². The van der Waals surface area contributed by atoms with Crippen LogP contribution >= 0.6 is 11.3 Å². The molecule has 6 nitrogen and oxygen atoms in total. The molecule has 0 atom stereocenters. The number of carbonyl (C=O) groups excluding carboxylic acids is 1. The molecule has 0 saturated heterocycles. The number of hydrogen-bond acceptors (Lipinski definition) is 5. The van der Waals surface area contributed by atoms with Gasteiger partial charge in [0.05, 0.1) is 23.5 Å². The second-order valence-electron chi connectivity index (χ2n) is 4.62. The number of ether oxygens (including phenoxy) is 1. The van der Waals surface area contributed by atoms with Gasteiger partial charge < -0.3 is 10.1 Å². The molecule has 7 heteroatoms. The van der Waals surface area contributed by atoms with Gasteiger partial charge in [-0.2, -0.15) is 5.10 Å². The lowest BCUT2D eigenvalue weighted by molar-refractivity contribution is -0.116. The first-order valence-electron chi connectivity index (χ1n) is 6.37. The van der Waals surface area contributed by atoms with E-state index in [1.807, 2.05) is 31.3 Å². The van der Waals surface area contributed by atoms with Crippen molar-refractivity contribution in [2.45, 2.75) is 13.5 Å². The highest BCUT2D eigenvalue weighted by Crippen LogP contribution is 2.29. The lowest BCUT2D eigenvalue weighted by Gasteiger charge is -2.01. The van der Waals surface area contributed by atoms with Gasteiger partial charge >= 0.3 is 0 Å². The van der Waals surface area contributed by atoms with E-state index in [1.54, 1.807) is 18.0 Å². The normalized spacial score (nSPS) is 10.8. The number of hydrogen-bond donors (Lipinski definition) is 1. The third kappa shape index (κ3) is 3.03. The number of fused-ring (bicyclic) bond motifs is 1. The predicted molar refractivity (Wildman–Crippen MR) is 81.8 cm³/mol. The van der Waals surface area contributed by atoms with Crippen LogP contribution in [0.4, 0.5) is 5.13 Å². The Morgan fingerprint density at radius 1 is 1.48 bits per heavy atom. The molecule has 108 valence electrons. The first-order valence-corrected chi connectivity index (χ1v) is 7.19. The second-order valence-corrected chi connectivity index (χ2v) is 5.65. The molecule has 0 saturated carbocycles. The van der Waals surface area contributed by atoms with Crippen LogP contribution in [0, 0.1) is 6.92 Å². The van der Waals surface area contributed by atoms with Crippen molar-refractivity contribution in [1.82, 2.24) is 14.8 Å². The van der Waals surface area contributed by atoms with Crippen LogP contribution in [-0.2, 0) is 11.3 Å². The molecule has 3 rings (SSSR count). The second kappa shape index (κ2) is 5.53. The van der Waals surface area contributed by atoms with Crippen molar-refractivity contribution in [2.24, 2.45) is 0 Å². The Morgan fingerprint density at radius 3 is 3.05 bits per heavy atom. The van der Waals surface area contributed by atoms with Crippen LogP contribution in [0.15, 0.2) is 30.6 Å². The third-order valence-corrected chi connectivity index (χ3v) is 3.84. The first kappa shape index (κ1) is 13.6. The SMILES string of the molecule is COc1ccc2nc(NC(=O)Cn3cc(C)cn3)sc2c1. The van der Waals surface area contributed by atoms with Crippen molar-refractivity contribution in [3.8, 4) is 5.75 Å². The molecule has 0 aliphatic carbocycles. The van der Waals surface area contributed by atoms with Crippen molar-refractivity contribution in [3.63, 3.8) is 0 Å². The molecule has 0 spiro atoms. The van der Waals surface area contributed by atoms with Gasteiger partial charge in [-0.25, -0.2) is 4.98 Å². The minimum atomic E-state index is -0.149. The zero-order valence-corrected chi connectivity index (χ0v) is 12.5. The Balaban J connectivity index is 1.73. The van der Waals surface area contributed by atoms with Crippen LogP contribution in [0.5, 0.6) is 5.75 Å². The standard InChI is InChI=1S/C14H14N4O2S/c1-9-6-15-18(7-9)8-13(19)17-14-16-11-4-3-10(20-2)5-12(11)21-14/h3-7H,8H2,1-2H3,(H,16,17,19). The molecule has 21 heavy (non-hydrogen) atoms. The highest BCUT2D eigenvalue weighted by molar-refractivity contribution is 7.22. The molecule has 0 fully saturated rings. The zero-order chi connectivity index (χ0) is 14.8. The highest BCUT2D eigenvalue weighted by atomic mass is 32.1. The number of benzene rings is 1. The van der Waals surface area contributed by atoms with Crippen LogP contribution in [0.3, 0.4) is 0 Å². The van der Waals surface area contributed by atoms with Crippen LogP contribution in [0.1, 0.15) is 5.56 Å². The van der Waals surface area contributed by atoms with E-state index in [9.17, 15) is 4.79 Å². The van der Waals surface area contributed by atoms with Gasteiger partial charge in [-0.05, 0) is 30.7 Å². The molecule has 3 aromatic rings. The van der Waals surface area contributed by atoms with E-state index in [1.165, 1.54) is 11.3 Å². The minimum Gasteiger partial charge on any atom is -0.497 e. The van der Waals surface area contributed by atoms with E-state index in [0.717, 1.165) is 21.5 Å². The fraction of sp³-hybridized carbons (Fsp3) is 0.214. The molecular formula is C14H14N4O2S. The lowest BCUT2D eigenvalue weighted by Crippen LogP contribution is -2.18. The largest absolute Gasteiger partial charge is 0.497 e. The van der Waals surface area contributed by atoms with Gasteiger partial charge in [0.15, 0.2) is 5.13 Å². The number of nitrogens with one attached hydrogen (secondary N) is 1. The highest BCUT2D eigenvalue weighted by Gasteiger charge is 2.09. The van der Waals surface area contributed by atoms with Gasteiger partial charge in [0.1, 0.15) is 12.3 Å². The smallest absolute Gasteiger partial charge is 0.247 e. The maximum atomic E-state index is 12.0. The minimum absolute atomic E-state index is 0.149. The number of amides is 1. The Bertz CT molecular complexity index is 793. The quantitative estimate of drug-likeness (QED) is 0.803. The van der Waals surface area contributed by atoms with Gasteiger partial charge in [0.25, 0.3) is 0 Å². The fourth-order valence-electron chi connectivity index (χ4n) is 1.94. The van der Waals surface area contributed by atoms with Crippen LogP contribution < -0.4 is 10.1 Å². The van der Waals surface area contributed by atoms with E-state index in [2.05, 4.69) is 15.4 Å². The summed E-state index contributed by atoms with van der Waals surface area (Å²) < 4.78 is 7.74. The summed E-state index contributed by atoms with van der Waals surface area (Å²) in [5, 5.41) is 7.45. The summed E-state index contributed by atoms with van der Waals surface area (Å²) in [5.74, 6) is 0.625. The Kier molecular flexibility index (Phi) is 3.57. The van der Waals surface area contributed by atoms with E-state index >= 15 is 0 Å². The number of carbonyl (C=O) groups is 1. The molecule has 2 heterocycles. The van der Waals surface area contributed by atoms with Crippen LogP contribution in [-0.4, -0.2) is 27.8 Å². The average Bonchev–Trinajstić information content (AvgIpc) is 3.03. The summed E-state index contributed by atoms with van der Waals surface area (Å²) in [4.78, 5) is 16.3. The molecule has 0 bridgehead atoms. The summed E-state index contributed by atoms with van der Waals surface area (Å²) in [6.07, 6.45) is 3.54. The number of methoxy groups -OCH3 is 1. The van der Waals surface area contributed by atoms with Gasteiger partial charge in [-0.15, -0.1) is 0 Å². The van der Waals surface area contributed by atoms with E-state index in [0.29, 0.717) is 5.13 Å². The van der Waals surface area contributed by atoms with Crippen molar-refractivity contribution in [3.05, 3.63) is 36.2 Å². The Hall–Kier alpha value is -2.41. The number of aromatic nitrogens is 3. The maximum absolute atomic E-state index is 12.0. The maximum Gasteiger partial charge on any atom is 0.247 e. The molecule has 0 unspecified atom stereocenters. The van der Waals surface area contributed by atoms with Crippen molar-refractivity contribution >= 4 is 32.6 Å². The summed E-state index contributed by atoms with van der Waals surface area (Å²) in [6, 6.07) is 5.62. The molecule has 0 aliphatic rings. The van der Waals surface area contributed by atoms with E-state index < -0.39 is 0 Å². The molecule has 1 N–H and O–H groups in total. The number of rotatable bonds is 4. The van der Waals surface area contributed by atoms with Gasteiger partial charge in [-0.3, -0.25) is 9.48 Å². The summed E-state index contributed by atoms with van der Waals surface area (Å²) in [7, 11) is 1.62. The van der Waals surface area contributed by atoms with Gasteiger partial charge in [-0.1, -0.05) is 11.3 Å². The monoisotopic (exact) mass is 302 g/mol. The lowest BCUT2D eigenvalue weighted by atomic mass is 10.3. The van der Waals surface area contributed by atoms with Crippen LogP contribution in [0.2, 0.25) is 0 Å².